The van der Waals surface area contributed by atoms with Crippen molar-refractivity contribution in [1.82, 2.24) is 5.32 Å². The predicted octanol–water partition coefficient (Wildman–Crippen LogP) is 1.58. The number of nitrogens with one attached hydrogen (secondary N) is 2. The lowest BCUT2D eigenvalue weighted by Gasteiger charge is -2.26. The molecule has 5 heteroatoms. The van der Waals surface area contributed by atoms with Crippen LogP contribution in [0.25, 0.3) is 0 Å². The Morgan fingerprint density at radius 1 is 1.32 bits per heavy atom. The van der Waals surface area contributed by atoms with Crippen LogP contribution >= 0.6 is 0 Å². The van der Waals surface area contributed by atoms with Gasteiger partial charge in [-0.05, 0) is 31.0 Å². The molecular formula is C14H18FN3O. The maximum atomic E-state index is 14.0. The zero-order valence-corrected chi connectivity index (χ0v) is 10.8. The highest BCUT2D eigenvalue weighted by Gasteiger charge is 2.25. The van der Waals surface area contributed by atoms with Crippen molar-refractivity contribution >= 4 is 17.3 Å². The second-order valence-corrected chi connectivity index (χ2v) is 5.20. The average molecular weight is 263 g/mol. The first-order chi connectivity index (χ1) is 9.24. The minimum atomic E-state index is -0.258. The number of hydrogen-bond acceptors (Lipinski definition) is 3. The summed E-state index contributed by atoms with van der Waals surface area (Å²) >= 11 is 0. The Bertz CT molecular complexity index is 482. The zero-order valence-electron chi connectivity index (χ0n) is 10.8. The number of hydrogen-bond donors (Lipinski definition) is 2. The molecule has 1 amide bonds. The maximum Gasteiger partial charge on any atom is 0.230 e. The number of anilines is 2. The van der Waals surface area contributed by atoms with Crippen LogP contribution in [0.2, 0.25) is 0 Å². The first kappa shape index (κ1) is 12.4. The molecule has 2 saturated heterocycles. The fourth-order valence-corrected chi connectivity index (χ4v) is 2.52. The highest BCUT2D eigenvalue weighted by molar-refractivity contribution is 5.93. The van der Waals surface area contributed by atoms with Crippen molar-refractivity contribution in [3.8, 4) is 0 Å². The van der Waals surface area contributed by atoms with Crippen LogP contribution in [0.1, 0.15) is 12.8 Å². The van der Waals surface area contributed by atoms with Gasteiger partial charge in [0.2, 0.25) is 5.91 Å². The summed E-state index contributed by atoms with van der Waals surface area (Å²) in [7, 11) is 0. The topological polar surface area (TPSA) is 44.4 Å². The molecule has 1 aromatic rings. The number of benzene rings is 1. The molecule has 4 nitrogen and oxygen atoms in total. The highest BCUT2D eigenvalue weighted by atomic mass is 19.1. The standard InChI is InChI=1S/C14H18FN3O/c15-12-7-11(17-14(19)10-8-16-9-10)3-4-13(12)18-5-1-2-6-18/h3-4,7,10,16H,1-2,5-6,8-9H2,(H,17,19). The first-order valence-corrected chi connectivity index (χ1v) is 6.80. The molecule has 2 fully saturated rings. The van der Waals surface area contributed by atoms with E-state index in [2.05, 4.69) is 15.5 Å². The molecule has 0 aromatic heterocycles. The van der Waals surface area contributed by atoms with Gasteiger partial charge in [0, 0.05) is 31.9 Å². The molecule has 0 atom stereocenters. The molecule has 102 valence electrons. The smallest absolute Gasteiger partial charge is 0.230 e. The fraction of sp³-hybridized carbons (Fsp3) is 0.500. The third-order valence-electron chi connectivity index (χ3n) is 3.81. The quantitative estimate of drug-likeness (QED) is 0.870. The van der Waals surface area contributed by atoms with Crippen molar-refractivity contribution in [1.29, 1.82) is 0 Å². The first-order valence-electron chi connectivity index (χ1n) is 6.80. The highest BCUT2D eigenvalue weighted by Crippen LogP contribution is 2.26. The lowest BCUT2D eigenvalue weighted by molar-refractivity contribution is -0.121. The third-order valence-corrected chi connectivity index (χ3v) is 3.81. The van der Waals surface area contributed by atoms with Crippen molar-refractivity contribution in [2.45, 2.75) is 12.8 Å². The van der Waals surface area contributed by atoms with Crippen LogP contribution in [0.4, 0.5) is 15.8 Å². The largest absolute Gasteiger partial charge is 0.369 e. The number of amides is 1. The number of carbonyl (C=O) groups is 1. The molecule has 2 aliphatic rings. The van der Waals surface area contributed by atoms with E-state index in [-0.39, 0.29) is 17.6 Å². The normalized spacial score (nSPS) is 19.3. The van der Waals surface area contributed by atoms with Gasteiger partial charge in [0.25, 0.3) is 0 Å². The van der Waals surface area contributed by atoms with Gasteiger partial charge in [-0.1, -0.05) is 0 Å². The van der Waals surface area contributed by atoms with Gasteiger partial charge in [-0.2, -0.15) is 0 Å². The van der Waals surface area contributed by atoms with Crippen LogP contribution in [0, 0.1) is 11.7 Å². The molecule has 0 saturated carbocycles. The lowest BCUT2D eigenvalue weighted by atomic mass is 10.0. The van der Waals surface area contributed by atoms with Crippen LogP contribution in [-0.2, 0) is 4.79 Å². The van der Waals surface area contributed by atoms with E-state index in [0.717, 1.165) is 25.9 Å². The molecule has 19 heavy (non-hydrogen) atoms. The molecule has 0 aliphatic carbocycles. The van der Waals surface area contributed by atoms with Crippen molar-refractivity contribution in [3.05, 3.63) is 24.0 Å². The molecule has 0 unspecified atom stereocenters. The average Bonchev–Trinajstić information content (AvgIpc) is 2.79. The summed E-state index contributed by atoms with van der Waals surface area (Å²) in [5, 5.41) is 5.81. The number of halogens is 1. The van der Waals surface area contributed by atoms with E-state index >= 15 is 0 Å². The van der Waals surface area contributed by atoms with Crippen molar-refractivity contribution in [2.75, 3.05) is 36.4 Å². The summed E-state index contributed by atoms with van der Waals surface area (Å²) < 4.78 is 14.0. The van der Waals surface area contributed by atoms with E-state index in [1.165, 1.54) is 6.07 Å². The van der Waals surface area contributed by atoms with Crippen LogP contribution in [-0.4, -0.2) is 32.1 Å². The number of carbonyl (C=O) groups excluding carboxylic acids is 1. The van der Waals surface area contributed by atoms with Gasteiger partial charge >= 0.3 is 0 Å². The van der Waals surface area contributed by atoms with Crippen LogP contribution in [0.5, 0.6) is 0 Å². The molecular weight excluding hydrogens is 245 g/mol. The summed E-state index contributed by atoms with van der Waals surface area (Å²) in [5.41, 5.74) is 1.18. The lowest BCUT2D eigenvalue weighted by Crippen LogP contribution is -2.48. The van der Waals surface area contributed by atoms with Crippen molar-refractivity contribution in [3.63, 3.8) is 0 Å². The van der Waals surface area contributed by atoms with Gasteiger partial charge in [0.15, 0.2) is 0 Å². The van der Waals surface area contributed by atoms with Crippen LogP contribution in [0.3, 0.4) is 0 Å². The minimum absolute atomic E-state index is 0.0151. The number of nitrogens with zero attached hydrogens (tertiary/aromatic N) is 1. The summed E-state index contributed by atoms with van der Waals surface area (Å²) in [6.07, 6.45) is 2.24. The molecule has 1 aromatic carbocycles. The Kier molecular flexibility index (Phi) is 3.38. The molecule has 0 bridgehead atoms. The van der Waals surface area contributed by atoms with E-state index in [4.69, 9.17) is 0 Å². The Hall–Kier alpha value is -1.62. The van der Waals surface area contributed by atoms with E-state index in [1.54, 1.807) is 12.1 Å². The summed E-state index contributed by atoms with van der Waals surface area (Å²) in [6, 6.07) is 4.95. The third kappa shape index (κ3) is 2.56. The van der Waals surface area contributed by atoms with Crippen molar-refractivity contribution in [2.24, 2.45) is 5.92 Å². The predicted molar refractivity (Wildman–Crippen MR) is 72.8 cm³/mol. The van der Waals surface area contributed by atoms with Gasteiger partial charge in [-0.25, -0.2) is 4.39 Å². The van der Waals surface area contributed by atoms with Crippen LogP contribution in [0.15, 0.2) is 18.2 Å². The summed E-state index contributed by atoms with van der Waals surface area (Å²) in [5.74, 6) is -0.278. The molecule has 0 radical (unpaired) electrons. The summed E-state index contributed by atoms with van der Waals surface area (Å²) in [4.78, 5) is 13.8. The van der Waals surface area contributed by atoms with Gasteiger partial charge in [0.05, 0.1) is 11.6 Å². The van der Waals surface area contributed by atoms with Gasteiger partial charge in [-0.15, -0.1) is 0 Å². The van der Waals surface area contributed by atoms with Gasteiger partial charge < -0.3 is 15.5 Å². The van der Waals surface area contributed by atoms with Gasteiger partial charge in [-0.3, -0.25) is 4.79 Å². The Balaban J connectivity index is 1.69. The molecule has 2 N–H and O–H groups in total. The Morgan fingerprint density at radius 3 is 2.63 bits per heavy atom. The number of rotatable bonds is 3. The second kappa shape index (κ2) is 5.17. The van der Waals surface area contributed by atoms with E-state index in [9.17, 15) is 9.18 Å². The monoisotopic (exact) mass is 263 g/mol. The molecule has 3 rings (SSSR count). The van der Waals surface area contributed by atoms with E-state index < -0.39 is 0 Å². The SMILES string of the molecule is O=C(Nc1ccc(N2CCCC2)c(F)c1)C1CNC1. The summed E-state index contributed by atoms with van der Waals surface area (Å²) in [6.45, 7) is 3.24. The van der Waals surface area contributed by atoms with Crippen molar-refractivity contribution < 1.29 is 9.18 Å². The maximum absolute atomic E-state index is 14.0. The van der Waals surface area contributed by atoms with E-state index in [0.29, 0.717) is 24.5 Å². The van der Waals surface area contributed by atoms with Crippen LogP contribution < -0.4 is 15.5 Å². The Morgan fingerprint density at radius 2 is 2.05 bits per heavy atom. The zero-order chi connectivity index (χ0) is 13.2. The molecule has 2 aliphatic heterocycles. The van der Waals surface area contributed by atoms with Gasteiger partial charge in [0.1, 0.15) is 5.82 Å². The molecule has 0 spiro atoms. The molecule has 2 heterocycles. The van der Waals surface area contributed by atoms with E-state index in [1.807, 2.05) is 0 Å². The fourth-order valence-electron chi connectivity index (χ4n) is 2.52. The minimum Gasteiger partial charge on any atom is -0.369 e. The second-order valence-electron chi connectivity index (χ2n) is 5.20. The Labute approximate surface area is 112 Å².